The smallest absolute Gasteiger partial charge is 0.325 e. The number of carbonyl (C=O) groups is 1. The summed E-state index contributed by atoms with van der Waals surface area (Å²) in [5, 5.41) is 11.1. The Labute approximate surface area is 116 Å². The fraction of sp³-hybridized carbons (Fsp3) is 0.417. The molecule has 0 bridgehead atoms. The number of nitrogens with zero attached hydrogens (tertiary/aromatic N) is 2. The first-order chi connectivity index (χ1) is 9.01. The van der Waals surface area contributed by atoms with Crippen LogP contribution in [0.2, 0.25) is 5.02 Å². The number of carbonyl (C=O) groups excluding carboxylic acids is 1. The topological polar surface area (TPSA) is 72.7 Å². The van der Waals surface area contributed by atoms with Crippen molar-refractivity contribution in [3.8, 4) is 0 Å². The van der Waals surface area contributed by atoms with Gasteiger partial charge in [-0.2, -0.15) is 0 Å². The third-order valence-electron chi connectivity index (χ3n) is 2.50. The predicted octanol–water partition coefficient (Wildman–Crippen LogP) is 2.64. The third-order valence-corrected chi connectivity index (χ3v) is 2.80. The first-order valence-corrected chi connectivity index (χ1v) is 6.22. The highest BCUT2D eigenvalue weighted by molar-refractivity contribution is 6.33. The summed E-state index contributed by atoms with van der Waals surface area (Å²) in [5.41, 5.74) is 0.114. The van der Waals surface area contributed by atoms with Crippen LogP contribution in [0.5, 0.6) is 0 Å². The predicted molar refractivity (Wildman–Crippen MR) is 72.6 cm³/mol. The lowest BCUT2D eigenvalue weighted by molar-refractivity contribution is -0.384. The van der Waals surface area contributed by atoms with Gasteiger partial charge in [-0.15, -0.1) is 0 Å². The molecule has 0 unspecified atom stereocenters. The molecule has 0 aliphatic heterocycles. The average Bonchev–Trinajstić information content (AvgIpc) is 2.35. The summed E-state index contributed by atoms with van der Waals surface area (Å²) in [5.74, 6) is -0.432. The number of halogens is 1. The largest absolute Gasteiger partial charge is 0.465 e. The molecule has 1 aromatic carbocycles. The van der Waals surface area contributed by atoms with Crippen molar-refractivity contribution in [3.63, 3.8) is 0 Å². The molecule has 6 nitrogen and oxygen atoms in total. The van der Waals surface area contributed by atoms with Crippen LogP contribution in [0, 0.1) is 10.1 Å². The van der Waals surface area contributed by atoms with Gasteiger partial charge < -0.3 is 9.64 Å². The van der Waals surface area contributed by atoms with Gasteiger partial charge in [0.15, 0.2) is 0 Å². The molecule has 0 N–H and O–H groups in total. The van der Waals surface area contributed by atoms with Crippen LogP contribution in [0.1, 0.15) is 13.8 Å². The maximum absolute atomic E-state index is 11.5. The zero-order valence-electron chi connectivity index (χ0n) is 10.8. The van der Waals surface area contributed by atoms with E-state index in [-0.39, 0.29) is 23.9 Å². The van der Waals surface area contributed by atoms with Gasteiger partial charge in [0, 0.05) is 6.54 Å². The Hall–Kier alpha value is -1.82. The van der Waals surface area contributed by atoms with Gasteiger partial charge in [-0.1, -0.05) is 17.7 Å². The number of ether oxygens (including phenoxy) is 1. The van der Waals surface area contributed by atoms with Crippen molar-refractivity contribution < 1.29 is 14.5 Å². The average molecular weight is 287 g/mol. The minimum atomic E-state index is -0.550. The normalized spacial score (nSPS) is 10.1. The molecule has 0 amide bonds. The molecular weight excluding hydrogens is 272 g/mol. The molecule has 0 aliphatic carbocycles. The lowest BCUT2D eigenvalue weighted by atomic mass is 10.2. The van der Waals surface area contributed by atoms with Crippen LogP contribution in [0.3, 0.4) is 0 Å². The molecular formula is C12H15ClN2O4. The van der Waals surface area contributed by atoms with E-state index in [9.17, 15) is 14.9 Å². The van der Waals surface area contributed by atoms with Gasteiger partial charge in [-0.3, -0.25) is 14.9 Å². The molecule has 0 heterocycles. The van der Waals surface area contributed by atoms with E-state index in [4.69, 9.17) is 16.3 Å². The second-order valence-corrected chi connectivity index (χ2v) is 4.09. The highest BCUT2D eigenvalue weighted by Gasteiger charge is 2.23. The van der Waals surface area contributed by atoms with E-state index >= 15 is 0 Å². The third kappa shape index (κ3) is 3.82. The summed E-state index contributed by atoms with van der Waals surface area (Å²) < 4.78 is 4.84. The van der Waals surface area contributed by atoms with E-state index in [1.807, 2.05) is 0 Å². The first kappa shape index (κ1) is 15.2. The van der Waals surface area contributed by atoms with Crippen molar-refractivity contribution in [3.05, 3.63) is 33.3 Å². The van der Waals surface area contributed by atoms with Crippen LogP contribution in [0.15, 0.2) is 18.2 Å². The Morgan fingerprint density at radius 3 is 2.68 bits per heavy atom. The van der Waals surface area contributed by atoms with Crippen molar-refractivity contribution in [1.29, 1.82) is 0 Å². The number of benzene rings is 1. The number of rotatable bonds is 6. The van der Waals surface area contributed by atoms with Crippen LogP contribution in [-0.2, 0) is 9.53 Å². The zero-order valence-corrected chi connectivity index (χ0v) is 11.5. The van der Waals surface area contributed by atoms with Crippen LogP contribution < -0.4 is 4.90 Å². The molecule has 0 radical (unpaired) electrons. The van der Waals surface area contributed by atoms with E-state index in [2.05, 4.69) is 0 Å². The quantitative estimate of drug-likeness (QED) is 0.457. The maximum atomic E-state index is 11.5. The second-order valence-electron chi connectivity index (χ2n) is 3.68. The molecule has 0 aromatic heterocycles. The monoisotopic (exact) mass is 286 g/mol. The molecule has 7 heteroatoms. The Balaban J connectivity index is 3.08. The Morgan fingerprint density at radius 1 is 1.47 bits per heavy atom. The van der Waals surface area contributed by atoms with E-state index in [0.29, 0.717) is 12.2 Å². The van der Waals surface area contributed by atoms with Crippen LogP contribution in [0.4, 0.5) is 11.4 Å². The summed E-state index contributed by atoms with van der Waals surface area (Å²) >= 11 is 5.84. The van der Waals surface area contributed by atoms with Crippen LogP contribution >= 0.6 is 11.6 Å². The van der Waals surface area contributed by atoms with Crippen molar-refractivity contribution >= 4 is 28.9 Å². The second kappa shape index (κ2) is 6.94. The molecule has 0 saturated carbocycles. The highest BCUT2D eigenvalue weighted by Crippen LogP contribution is 2.34. The van der Waals surface area contributed by atoms with E-state index in [1.165, 1.54) is 6.07 Å². The highest BCUT2D eigenvalue weighted by atomic mass is 35.5. The fourth-order valence-electron chi connectivity index (χ4n) is 1.67. The van der Waals surface area contributed by atoms with Gasteiger partial charge in [-0.25, -0.2) is 0 Å². The number of likely N-dealkylation sites (N-methyl/N-ethyl adjacent to an activating group) is 1. The van der Waals surface area contributed by atoms with Gasteiger partial charge in [-0.05, 0) is 26.0 Å². The van der Waals surface area contributed by atoms with Gasteiger partial charge >= 0.3 is 11.7 Å². The molecule has 0 fully saturated rings. The molecule has 1 aromatic rings. The number of esters is 1. The Bertz CT molecular complexity index is 479. The van der Waals surface area contributed by atoms with Gasteiger partial charge in [0.2, 0.25) is 0 Å². The van der Waals surface area contributed by atoms with E-state index in [0.717, 1.165) is 0 Å². The van der Waals surface area contributed by atoms with Crippen molar-refractivity contribution in [2.24, 2.45) is 0 Å². The number of nitro groups is 1. The first-order valence-electron chi connectivity index (χ1n) is 5.84. The SMILES string of the molecule is CCOC(=O)CN(CC)c1cccc(Cl)c1[N+](=O)[O-]. The van der Waals surface area contributed by atoms with E-state index in [1.54, 1.807) is 30.9 Å². The zero-order chi connectivity index (χ0) is 14.4. The minimum Gasteiger partial charge on any atom is -0.465 e. The Kier molecular flexibility index (Phi) is 5.57. The van der Waals surface area contributed by atoms with Gasteiger partial charge in [0.25, 0.3) is 0 Å². The van der Waals surface area contributed by atoms with E-state index < -0.39 is 10.9 Å². The summed E-state index contributed by atoms with van der Waals surface area (Å²) in [6, 6.07) is 4.62. The summed E-state index contributed by atoms with van der Waals surface area (Å²) in [4.78, 5) is 23.5. The maximum Gasteiger partial charge on any atom is 0.325 e. The number of hydrogen-bond acceptors (Lipinski definition) is 5. The fourth-order valence-corrected chi connectivity index (χ4v) is 1.91. The van der Waals surface area contributed by atoms with Crippen molar-refractivity contribution in [2.75, 3.05) is 24.6 Å². The molecule has 0 atom stereocenters. The molecule has 0 aliphatic rings. The minimum absolute atomic E-state index is 0.0461. The van der Waals surface area contributed by atoms with Crippen LogP contribution in [-0.4, -0.2) is 30.6 Å². The van der Waals surface area contributed by atoms with Gasteiger partial charge in [0.05, 0.1) is 11.5 Å². The molecule has 1 rings (SSSR count). The standard InChI is InChI=1S/C12H15ClN2O4/c1-3-14(8-11(16)19-4-2)10-7-5-6-9(13)12(10)15(17)18/h5-7H,3-4,8H2,1-2H3. The summed E-state index contributed by atoms with van der Waals surface area (Å²) in [6.45, 7) is 4.15. The molecule has 19 heavy (non-hydrogen) atoms. The lowest BCUT2D eigenvalue weighted by Crippen LogP contribution is -2.31. The Morgan fingerprint density at radius 2 is 2.16 bits per heavy atom. The molecule has 0 saturated heterocycles. The van der Waals surface area contributed by atoms with Crippen LogP contribution in [0.25, 0.3) is 0 Å². The molecule has 0 spiro atoms. The number of hydrogen-bond donors (Lipinski definition) is 0. The number of nitro benzene ring substituents is 1. The number of para-hydroxylation sites is 1. The summed E-state index contributed by atoms with van der Waals surface area (Å²) in [7, 11) is 0. The number of anilines is 1. The lowest BCUT2D eigenvalue weighted by Gasteiger charge is -2.21. The summed E-state index contributed by atoms with van der Waals surface area (Å²) in [6.07, 6.45) is 0. The van der Waals surface area contributed by atoms with Crippen molar-refractivity contribution in [2.45, 2.75) is 13.8 Å². The van der Waals surface area contributed by atoms with Crippen molar-refractivity contribution in [1.82, 2.24) is 0 Å². The molecule has 104 valence electrons. The van der Waals surface area contributed by atoms with Gasteiger partial charge in [0.1, 0.15) is 17.3 Å².